The molecule has 64 valence electrons. The monoisotopic (exact) mass is 294 g/mol. The van der Waals surface area contributed by atoms with Gasteiger partial charge in [0.1, 0.15) is 0 Å². The molecule has 0 heterocycles. The summed E-state index contributed by atoms with van der Waals surface area (Å²) < 4.78 is 8.77. The maximum atomic E-state index is 8.77. The van der Waals surface area contributed by atoms with Crippen LogP contribution in [0.5, 0.6) is 0 Å². The van der Waals surface area contributed by atoms with E-state index in [2.05, 4.69) is 0 Å². The Labute approximate surface area is 175 Å². The van der Waals surface area contributed by atoms with Crippen LogP contribution in [-0.4, -0.2) is 53.7 Å². The summed E-state index contributed by atoms with van der Waals surface area (Å²) in [6, 6.07) is 0. The second-order valence-electron chi connectivity index (χ2n) is 0.741. The summed E-state index contributed by atoms with van der Waals surface area (Å²) >= 11 is 0. The van der Waals surface area contributed by atoms with Gasteiger partial charge in [-0.2, -0.15) is 0 Å². The Morgan fingerprint density at radius 2 is 1.23 bits per heavy atom. The molecule has 0 aliphatic heterocycles. The Balaban J connectivity index is -0.0000000146. The maximum Gasteiger partial charge on any atom is 2.00 e. The summed E-state index contributed by atoms with van der Waals surface area (Å²) in [4.78, 5) is 31.3. The van der Waals surface area contributed by atoms with E-state index in [0.29, 0.717) is 0 Å². The Morgan fingerprint density at radius 1 is 1.23 bits per heavy atom. The van der Waals surface area contributed by atoms with Crippen LogP contribution in [0.4, 0.5) is 4.79 Å². The van der Waals surface area contributed by atoms with E-state index >= 15 is 0 Å². The van der Waals surface area contributed by atoms with Crippen molar-refractivity contribution in [3.63, 3.8) is 0 Å². The van der Waals surface area contributed by atoms with E-state index in [4.69, 9.17) is 34.3 Å². The van der Waals surface area contributed by atoms with Gasteiger partial charge < -0.3 is 42.1 Å². The number of hydrogen-bond donors (Lipinski definition) is 2. The van der Waals surface area contributed by atoms with Gasteiger partial charge in [0.2, 0.25) is 0 Å². The third-order valence-corrected chi connectivity index (χ3v) is 0. The van der Waals surface area contributed by atoms with Crippen LogP contribution in [0, 0.1) is 0 Å². The minimum Gasteiger partial charge on any atom is -1.00 e. The van der Waals surface area contributed by atoms with Crippen LogP contribution in [0.1, 0.15) is 0 Å². The molecule has 0 spiro atoms. The van der Waals surface area contributed by atoms with Crippen molar-refractivity contribution in [2.75, 3.05) is 0 Å². The van der Waals surface area contributed by atoms with E-state index in [1.165, 1.54) is 0 Å². The van der Waals surface area contributed by atoms with Crippen LogP contribution in [0.2, 0.25) is 0 Å². The first kappa shape index (κ1) is 36.0. The van der Waals surface area contributed by atoms with E-state index in [1.54, 1.807) is 0 Å². The van der Waals surface area contributed by atoms with Crippen LogP contribution in [0.15, 0.2) is 0 Å². The molecule has 13 heavy (non-hydrogen) atoms. The van der Waals surface area contributed by atoms with E-state index in [0.717, 1.165) is 0 Å². The van der Waals surface area contributed by atoms with Crippen molar-refractivity contribution < 1.29 is 128 Å². The van der Waals surface area contributed by atoms with Crippen LogP contribution in [0.3, 0.4) is 0 Å². The fourth-order valence-electron chi connectivity index (χ4n) is 0. The predicted octanol–water partition coefficient (Wildman–Crippen LogP) is -13.4. The molecule has 0 unspecified atom stereocenters. The molecule has 0 aromatic heterocycles. The van der Waals surface area contributed by atoms with Crippen LogP contribution < -0.4 is 108 Å². The zero-order valence-corrected chi connectivity index (χ0v) is 15.9. The fourth-order valence-corrected chi connectivity index (χ4v) is 0. The largest absolute Gasteiger partial charge is 2.00 e. The Kier molecular flexibility index (Phi) is 57.8. The van der Waals surface area contributed by atoms with Crippen molar-refractivity contribution in [1.29, 1.82) is 0 Å². The summed E-state index contributed by atoms with van der Waals surface area (Å²) in [6.07, 6.45) is -2.33. The van der Waals surface area contributed by atoms with Gasteiger partial charge in [-0.25, -0.2) is 0 Å². The second kappa shape index (κ2) is 20.9. The standard InChI is InChI=1S/CH2O3.Ca.ClH.K.Na.H3O4P/c2-1(3)4;;;;;1-5(2,3)4/h(H2,2,3,4);;1H;;;(H3,1,2,3,4)/q;+2;;2*+1;/p-4. The first-order valence-corrected chi connectivity index (χ1v) is 2.91. The normalized spacial score (nSPS) is 6.38. The summed E-state index contributed by atoms with van der Waals surface area (Å²) in [5, 5.41) is 16.7. The van der Waals surface area contributed by atoms with Gasteiger partial charge in [-0.15, -0.1) is 0 Å². The van der Waals surface area contributed by atoms with Gasteiger partial charge in [-0.1, -0.05) is 0 Å². The Hall–Kier alpha value is 3.57. The van der Waals surface area contributed by atoms with E-state index < -0.39 is 14.0 Å². The smallest absolute Gasteiger partial charge is 1.00 e. The number of halogens is 1. The van der Waals surface area contributed by atoms with Crippen molar-refractivity contribution in [3.8, 4) is 0 Å². The Morgan fingerprint density at radius 3 is 1.23 bits per heavy atom. The third-order valence-electron chi connectivity index (χ3n) is 0. The molecule has 2 N–H and O–H groups in total. The number of carbonyl (C=O) groups is 1. The molecule has 0 aromatic carbocycles. The fraction of sp³-hybridized carbons (Fsp3) is 0. The zero-order chi connectivity index (χ0) is 8.08. The predicted molar refractivity (Wildman–Crippen MR) is 23.2 cm³/mol. The molecule has 0 amide bonds. The van der Waals surface area contributed by atoms with Gasteiger partial charge in [-0.05, 0) is 6.16 Å². The molecule has 7 nitrogen and oxygen atoms in total. The van der Waals surface area contributed by atoms with Crippen molar-refractivity contribution >= 4 is 51.7 Å². The van der Waals surface area contributed by atoms with Crippen molar-refractivity contribution in [2.24, 2.45) is 0 Å². The molecule has 0 rings (SSSR count). The second-order valence-corrected chi connectivity index (χ2v) is 1.72. The molecule has 0 atom stereocenters. The average Bonchev–Trinajstić information content (AvgIpc) is 1.19. The minimum atomic E-state index is -4.89. The van der Waals surface area contributed by atoms with Gasteiger partial charge in [0, 0.05) is 0 Å². The molecule has 0 saturated heterocycles. The molecule has 0 bridgehead atoms. The molecule has 0 saturated carbocycles. The topological polar surface area (TPSA) is 144 Å². The minimum absolute atomic E-state index is 0. The number of carbonyl (C=O) groups excluding carboxylic acids is 1. The van der Waals surface area contributed by atoms with Crippen LogP contribution in [0.25, 0.3) is 0 Å². The van der Waals surface area contributed by atoms with Gasteiger partial charge in [-0.3, -0.25) is 4.57 Å². The molecule has 12 heteroatoms. The van der Waals surface area contributed by atoms with Crippen molar-refractivity contribution in [2.45, 2.75) is 0 Å². The molecular formula is CH2CaClKNaO7P. The van der Waals surface area contributed by atoms with Gasteiger partial charge in [0.05, 0.1) is 0 Å². The first-order chi connectivity index (χ1) is 3.73. The molecular weight excluding hydrogens is 293 g/mol. The van der Waals surface area contributed by atoms with Crippen molar-refractivity contribution in [3.05, 3.63) is 0 Å². The van der Waals surface area contributed by atoms with E-state index in [9.17, 15) is 0 Å². The van der Waals surface area contributed by atoms with E-state index in [-0.39, 0.29) is 131 Å². The molecule has 0 aliphatic rings. The molecule has 0 radical (unpaired) electrons. The molecule has 0 aromatic rings. The van der Waals surface area contributed by atoms with Gasteiger partial charge >= 0.3 is 119 Å². The third kappa shape index (κ3) is 225. The van der Waals surface area contributed by atoms with Gasteiger partial charge in [0.25, 0.3) is 7.82 Å². The molecule has 0 aliphatic carbocycles. The van der Waals surface area contributed by atoms with Crippen LogP contribution >= 0.6 is 7.82 Å². The number of phosphoric acid groups is 1. The number of carboxylic acid groups (broad SMARTS) is 2. The number of rotatable bonds is 0. The average molecular weight is 295 g/mol. The first-order valence-electron chi connectivity index (χ1n) is 1.38. The summed E-state index contributed by atoms with van der Waals surface area (Å²) in [7, 11) is -4.89. The molecule has 0 fully saturated rings. The number of hydrogen-bond acceptors (Lipinski definition) is 5. The Bertz CT molecular complexity index is 128. The van der Waals surface area contributed by atoms with Crippen molar-refractivity contribution in [1.82, 2.24) is 0 Å². The SMILES string of the molecule is O=C([O-])[O-].O=P([O-])(O)O.[Ca+2].[Cl-].[K+].[Na+]. The summed E-state index contributed by atoms with van der Waals surface area (Å²) in [5.74, 6) is 0. The zero-order valence-electron chi connectivity index (χ0n) is 6.97. The van der Waals surface area contributed by atoms with E-state index in [1.807, 2.05) is 0 Å². The quantitative estimate of drug-likeness (QED) is 0.333. The van der Waals surface area contributed by atoms with Gasteiger partial charge in [0.15, 0.2) is 0 Å². The maximum absolute atomic E-state index is 8.77. The summed E-state index contributed by atoms with van der Waals surface area (Å²) in [6.45, 7) is 0. The van der Waals surface area contributed by atoms with Crippen LogP contribution in [-0.2, 0) is 4.57 Å². The summed E-state index contributed by atoms with van der Waals surface area (Å²) in [5.41, 5.74) is 0.